The minimum Gasteiger partial charge on any atom is -0.495 e. The largest absolute Gasteiger partial charge is 0.495 e. The van der Waals surface area contributed by atoms with Crippen molar-refractivity contribution in [1.82, 2.24) is 0 Å². The average molecular weight is 214 g/mol. The molecule has 0 amide bonds. The van der Waals surface area contributed by atoms with E-state index in [1.165, 1.54) is 0 Å². The van der Waals surface area contributed by atoms with Crippen LogP contribution in [0, 0.1) is 0 Å². The van der Waals surface area contributed by atoms with Crippen LogP contribution < -0.4 is 10.1 Å². The van der Waals surface area contributed by atoms with E-state index in [0.717, 1.165) is 22.9 Å². The maximum atomic E-state index is 5.90. The fraction of sp³-hybridized carbons (Fsp3) is 0.455. The molecule has 1 aromatic rings. The quantitative estimate of drug-likeness (QED) is 0.826. The van der Waals surface area contributed by atoms with Crippen molar-refractivity contribution in [3.63, 3.8) is 0 Å². The summed E-state index contributed by atoms with van der Waals surface area (Å²) < 4.78 is 5.22. The summed E-state index contributed by atoms with van der Waals surface area (Å²) in [4.78, 5) is 0. The average Bonchev–Trinajstić information content (AvgIpc) is 2.18. The Bertz CT molecular complexity index is 301. The SMILES string of the molecule is CCC(C)Nc1cc(Cl)ccc1OC. The van der Waals surface area contributed by atoms with Crippen LogP contribution in [0.5, 0.6) is 5.75 Å². The van der Waals surface area contributed by atoms with Crippen LogP contribution in [0.2, 0.25) is 5.02 Å². The molecule has 1 aromatic carbocycles. The Hall–Kier alpha value is -0.890. The van der Waals surface area contributed by atoms with Gasteiger partial charge in [0.1, 0.15) is 5.75 Å². The fourth-order valence-corrected chi connectivity index (χ4v) is 1.33. The Labute approximate surface area is 90.2 Å². The third kappa shape index (κ3) is 2.81. The van der Waals surface area contributed by atoms with Crippen LogP contribution in [-0.2, 0) is 0 Å². The highest BCUT2D eigenvalue weighted by Gasteiger charge is 2.05. The molecular weight excluding hydrogens is 198 g/mol. The van der Waals surface area contributed by atoms with E-state index in [1.807, 2.05) is 18.2 Å². The Morgan fingerprint density at radius 1 is 1.50 bits per heavy atom. The molecule has 0 bridgehead atoms. The Morgan fingerprint density at radius 2 is 2.21 bits per heavy atom. The second kappa shape index (κ2) is 5.11. The summed E-state index contributed by atoms with van der Waals surface area (Å²) in [6.45, 7) is 4.26. The molecule has 78 valence electrons. The second-order valence-electron chi connectivity index (χ2n) is 3.30. The smallest absolute Gasteiger partial charge is 0.142 e. The number of nitrogens with one attached hydrogen (secondary N) is 1. The number of anilines is 1. The molecule has 0 aromatic heterocycles. The lowest BCUT2D eigenvalue weighted by atomic mass is 10.2. The van der Waals surface area contributed by atoms with Crippen LogP contribution in [0.3, 0.4) is 0 Å². The molecule has 0 aliphatic heterocycles. The van der Waals surface area contributed by atoms with Crippen molar-refractivity contribution >= 4 is 17.3 Å². The highest BCUT2D eigenvalue weighted by molar-refractivity contribution is 6.30. The van der Waals surface area contributed by atoms with Gasteiger partial charge in [0.15, 0.2) is 0 Å². The van der Waals surface area contributed by atoms with Crippen molar-refractivity contribution in [2.75, 3.05) is 12.4 Å². The van der Waals surface area contributed by atoms with E-state index in [4.69, 9.17) is 16.3 Å². The molecule has 0 heterocycles. The third-order valence-corrected chi connectivity index (χ3v) is 2.41. The molecule has 0 saturated heterocycles. The van der Waals surface area contributed by atoms with Gasteiger partial charge in [-0.1, -0.05) is 18.5 Å². The van der Waals surface area contributed by atoms with Crippen LogP contribution in [0.15, 0.2) is 18.2 Å². The van der Waals surface area contributed by atoms with Crippen LogP contribution in [0.1, 0.15) is 20.3 Å². The zero-order valence-electron chi connectivity index (χ0n) is 8.80. The molecule has 1 rings (SSSR count). The molecule has 0 radical (unpaired) electrons. The van der Waals surface area contributed by atoms with Crippen molar-refractivity contribution < 1.29 is 4.74 Å². The lowest BCUT2D eigenvalue weighted by molar-refractivity contribution is 0.416. The monoisotopic (exact) mass is 213 g/mol. The topological polar surface area (TPSA) is 21.3 Å². The Balaban J connectivity index is 2.87. The summed E-state index contributed by atoms with van der Waals surface area (Å²) in [5, 5.41) is 4.06. The van der Waals surface area contributed by atoms with Gasteiger partial charge < -0.3 is 10.1 Å². The number of hydrogen-bond acceptors (Lipinski definition) is 2. The van der Waals surface area contributed by atoms with E-state index >= 15 is 0 Å². The molecule has 3 heteroatoms. The van der Waals surface area contributed by atoms with Crippen LogP contribution in [-0.4, -0.2) is 13.2 Å². The number of ether oxygens (including phenoxy) is 1. The molecule has 0 aliphatic rings. The van der Waals surface area contributed by atoms with E-state index in [9.17, 15) is 0 Å². The number of benzene rings is 1. The summed E-state index contributed by atoms with van der Waals surface area (Å²) in [5.74, 6) is 0.828. The van der Waals surface area contributed by atoms with Gasteiger partial charge in [-0.15, -0.1) is 0 Å². The molecule has 0 aliphatic carbocycles. The van der Waals surface area contributed by atoms with Crippen molar-refractivity contribution in [3.8, 4) is 5.75 Å². The maximum absolute atomic E-state index is 5.90. The third-order valence-electron chi connectivity index (χ3n) is 2.18. The summed E-state index contributed by atoms with van der Waals surface area (Å²) in [5.41, 5.74) is 0.953. The molecule has 1 unspecified atom stereocenters. The molecule has 0 spiro atoms. The number of rotatable bonds is 4. The fourth-order valence-electron chi connectivity index (χ4n) is 1.16. The zero-order valence-corrected chi connectivity index (χ0v) is 9.56. The molecule has 2 nitrogen and oxygen atoms in total. The summed E-state index contributed by atoms with van der Waals surface area (Å²) in [6.07, 6.45) is 1.07. The number of hydrogen-bond donors (Lipinski definition) is 1. The second-order valence-corrected chi connectivity index (χ2v) is 3.73. The first-order valence-corrected chi connectivity index (χ1v) is 5.15. The summed E-state index contributed by atoms with van der Waals surface area (Å²) >= 11 is 5.90. The number of halogens is 1. The van der Waals surface area contributed by atoms with E-state index in [2.05, 4.69) is 19.2 Å². The predicted molar refractivity (Wildman–Crippen MR) is 61.4 cm³/mol. The van der Waals surface area contributed by atoms with Crippen molar-refractivity contribution in [2.45, 2.75) is 26.3 Å². The normalized spacial score (nSPS) is 12.3. The lowest BCUT2D eigenvalue weighted by Crippen LogP contribution is -2.13. The summed E-state index contributed by atoms with van der Waals surface area (Å²) in [7, 11) is 1.66. The first kappa shape index (κ1) is 11.2. The van der Waals surface area contributed by atoms with Crippen LogP contribution in [0.25, 0.3) is 0 Å². The van der Waals surface area contributed by atoms with E-state index in [0.29, 0.717) is 6.04 Å². The van der Waals surface area contributed by atoms with Gasteiger partial charge in [-0.2, -0.15) is 0 Å². The van der Waals surface area contributed by atoms with Gasteiger partial charge >= 0.3 is 0 Å². The number of methoxy groups -OCH3 is 1. The van der Waals surface area contributed by atoms with Gasteiger partial charge in [-0.25, -0.2) is 0 Å². The standard InChI is InChI=1S/C11H16ClNO/c1-4-8(2)13-10-7-9(12)5-6-11(10)14-3/h5-8,13H,4H2,1-3H3. The van der Waals surface area contributed by atoms with Gasteiger partial charge in [0, 0.05) is 11.1 Å². The van der Waals surface area contributed by atoms with Crippen LogP contribution >= 0.6 is 11.6 Å². The molecule has 14 heavy (non-hydrogen) atoms. The molecule has 1 N–H and O–H groups in total. The minimum atomic E-state index is 0.419. The maximum Gasteiger partial charge on any atom is 0.142 e. The van der Waals surface area contributed by atoms with Gasteiger partial charge in [0.05, 0.1) is 12.8 Å². The van der Waals surface area contributed by atoms with E-state index in [1.54, 1.807) is 7.11 Å². The van der Waals surface area contributed by atoms with Crippen LogP contribution in [0.4, 0.5) is 5.69 Å². The Morgan fingerprint density at radius 3 is 2.79 bits per heavy atom. The van der Waals surface area contributed by atoms with Crippen molar-refractivity contribution in [3.05, 3.63) is 23.2 Å². The first-order valence-electron chi connectivity index (χ1n) is 4.77. The van der Waals surface area contributed by atoms with E-state index < -0.39 is 0 Å². The minimum absolute atomic E-state index is 0.419. The highest BCUT2D eigenvalue weighted by Crippen LogP contribution is 2.28. The van der Waals surface area contributed by atoms with Crippen molar-refractivity contribution in [2.24, 2.45) is 0 Å². The Kier molecular flexibility index (Phi) is 4.08. The summed E-state index contributed by atoms with van der Waals surface area (Å²) in [6, 6.07) is 5.99. The van der Waals surface area contributed by atoms with Crippen molar-refractivity contribution in [1.29, 1.82) is 0 Å². The molecular formula is C11H16ClNO. The predicted octanol–water partition coefficient (Wildman–Crippen LogP) is 3.56. The zero-order chi connectivity index (χ0) is 10.6. The van der Waals surface area contributed by atoms with Gasteiger partial charge in [-0.05, 0) is 31.5 Å². The van der Waals surface area contributed by atoms with E-state index in [-0.39, 0.29) is 0 Å². The molecule has 1 atom stereocenters. The highest BCUT2D eigenvalue weighted by atomic mass is 35.5. The molecule has 0 fully saturated rings. The van der Waals surface area contributed by atoms with Gasteiger partial charge in [-0.3, -0.25) is 0 Å². The lowest BCUT2D eigenvalue weighted by Gasteiger charge is -2.16. The van der Waals surface area contributed by atoms with Gasteiger partial charge in [0.25, 0.3) is 0 Å². The van der Waals surface area contributed by atoms with Gasteiger partial charge in [0.2, 0.25) is 0 Å². The first-order chi connectivity index (χ1) is 6.67. The molecule has 0 saturated carbocycles.